The highest BCUT2D eigenvalue weighted by Gasteiger charge is 2.12. The van der Waals surface area contributed by atoms with E-state index in [2.05, 4.69) is 52.4 Å². The normalized spacial score (nSPS) is 10.5. The van der Waals surface area contributed by atoms with E-state index in [9.17, 15) is 4.39 Å². The Morgan fingerprint density at radius 1 is 0.963 bits per heavy atom. The van der Waals surface area contributed by atoms with E-state index in [1.165, 1.54) is 17.7 Å². The highest BCUT2D eigenvalue weighted by atomic mass is 79.9. The molecule has 0 fully saturated rings. The van der Waals surface area contributed by atoms with Crippen molar-refractivity contribution >= 4 is 21.6 Å². The Bertz CT molecular complexity index is 895. The molecule has 0 saturated heterocycles. The van der Waals surface area contributed by atoms with Crippen molar-refractivity contribution < 1.29 is 13.9 Å². The van der Waals surface area contributed by atoms with Gasteiger partial charge in [-0.25, -0.2) is 4.39 Å². The van der Waals surface area contributed by atoms with Crippen LogP contribution < -0.4 is 14.8 Å². The second-order valence-electron chi connectivity index (χ2n) is 6.24. The van der Waals surface area contributed by atoms with Gasteiger partial charge in [-0.2, -0.15) is 0 Å². The molecule has 0 amide bonds. The van der Waals surface area contributed by atoms with Crippen LogP contribution in [0.4, 0.5) is 10.1 Å². The molecule has 0 atom stereocenters. The lowest BCUT2D eigenvalue weighted by atomic mass is 10.1. The number of methoxy groups -OCH3 is 1. The molecule has 0 bridgehead atoms. The van der Waals surface area contributed by atoms with E-state index < -0.39 is 0 Å². The van der Waals surface area contributed by atoms with Crippen molar-refractivity contribution in [3.63, 3.8) is 0 Å². The molecule has 3 rings (SSSR count). The Morgan fingerprint density at radius 2 is 1.67 bits per heavy atom. The summed E-state index contributed by atoms with van der Waals surface area (Å²) in [6, 6.07) is 18.5. The van der Waals surface area contributed by atoms with E-state index in [1.807, 2.05) is 12.1 Å². The molecule has 1 N–H and O–H groups in total. The monoisotopic (exact) mass is 429 g/mol. The second-order valence-corrected chi connectivity index (χ2v) is 7.10. The Kier molecular flexibility index (Phi) is 6.35. The van der Waals surface area contributed by atoms with Crippen LogP contribution in [-0.4, -0.2) is 7.11 Å². The van der Waals surface area contributed by atoms with Crippen molar-refractivity contribution in [2.45, 2.75) is 20.1 Å². The van der Waals surface area contributed by atoms with Gasteiger partial charge in [0.1, 0.15) is 12.4 Å². The van der Waals surface area contributed by atoms with E-state index in [1.54, 1.807) is 19.2 Å². The number of anilines is 1. The first kappa shape index (κ1) is 19.2. The van der Waals surface area contributed by atoms with Gasteiger partial charge in [-0.05, 0) is 70.4 Å². The summed E-state index contributed by atoms with van der Waals surface area (Å²) in [4.78, 5) is 0. The quantitative estimate of drug-likeness (QED) is 0.492. The van der Waals surface area contributed by atoms with Gasteiger partial charge in [-0.15, -0.1) is 0 Å². The molecule has 0 heterocycles. The molecule has 3 aromatic rings. The third kappa shape index (κ3) is 5.23. The molecule has 0 spiro atoms. The summed E-state index contributed by atoms with van der Waals surface area (Å²) in [5.41, 5.74) is 4.24. The smallest absolute Gasteiger partial charge is 0.175 e. The fourth-order valence-corrected chi connectivity index (χ4v) is 3.23. The summed E-state index contributed by atoms with van der Waals surface area (Å²) in [6.45, 7) is 3.06. The summed E-state index contributed by atoms with van der Waals surface area (Å²) in [6.07, 6.45) is 0. The van der Waals surface area contributed by atoms with E-state index in [0.29, 0.717) is 24.7 Å². The van der Waals surface area contributed by atoms with Gasteiger partial charge < -0.3 is 14.8 Å². The van der Waals surface area contributed by atoms with E-state index >= 15 is 0 Å². The first-order valence-electron chi connectivity index (χ1n) is 8.59. The fourth-order valence-electron chi connectivity index (χ4n) is 2.63. The van der Waals surface area contributed by atoms with Gasteiger partial charge in [0, 0.05) is 12.2 Å². The summed E-state index contributed by atoms with van der Waals surface area (Å²) >= 11 is 3.57. The number of benzene rings is 3. The summed E-state index contributed by atoms with van der Waals surface area (Å²) < 4.78 is 25.2. The standard InChI is InChI=1S/C22H21BrFNO2/c1-15-3-9-19(10-4-15)25-13-17-11-20(23)22(21(12-17)26-2)27-14-16-5-7-18(24)8-6-16/h3-12,25H,13-14H2,1-2H3. The van der Waals surface area contributed by atoms with Crippen molar-refractivity contribution in [1.82, 2.24) is 0 Å². The van der Waals surface area contributed by atoms with Crippen LogP contribution in [0.2, 0.25) is 0 Å². The Morgan fingerprint density at radius 3 is 2.33 bits per heavy atom. The van der Waals surface area contributed by atoms with E-state index in [4.69, 9.17) is 9.47 Å². The van der Waals surface area contributed by atoms with Crippen molar-refractivity contribution in [2.75, 3.05) is 12.4 Å². The third-order valence-corrected chi connectivity index (χ3v) is 4.72. The van der Waals surface area contributed by atoms with Crippen molar-refractivity contribution in [2.24, 2.45) is 0 Å². The molecule has 0 unspecified atom stereocenters. The predicted octanol–water partition coefficient (Wildman–Crippen LogP) is 6.10. The average Bonchev–Trinajstić information content (AvgIpc) is 2.67. The molecule has 0 aliphatic rings. The van der Waals surface area contributed by atoms with Crippen molar-refractivity contribution in [1.29, 1.82) is 0 Å². The minimum Gasteiger partial charge on any atom is -0.493 e. The maximum atomic E-state index is 13.0. The zero-order valence-corrected chi connectivity index (χ0v) is 16.8. The van der Waals surface area contributed by atoms with Gasteiger partial charge in [0.05, 0.1) is 11.6 Å². The number of aryl methyl sites for hydroxylation is 1. The Balaban J connectivity index is 1.70. The molecular weight excluding hydrogens is 409 g/mol. The molecule has 0 aliphatic heterocycles. The van der Waals surface area contributed by atoms with Crippen LogP contribution >= 0.6 is 15.9 Å². The van der Waals surface area contributed by atoms with Crippen molar-refractivity contribution in [3.05, 3.63) is 87.6 Å². The average molecular weight is 430 g/mol. The lowest BCUT2D eigenvalue weighted by Crippen LogP contribution is -2.03. The van der Waals surface area contributed by atoms with Crippen LogP contribution in [0.1, 0.15) is 16.7 Å². The summed E-state index contributed by atoms with van der Waals surface area (Å²) in [5, 5.41) is 3.40. The molecule has 5 heteroatoms. The van der Waals surface area contributed by atoms with Crippen LogP contribution in [0.5, 0.6) is 11.5 Å². The van der Waals surface area contributed by atoms with Gasteiger partial charge in [-0.1, -0.05) is 29.8 Å². The van der Waals surface area contributed by atoms with E-state index in [-0.39, 0.29) is 5.82 Å². The van der Waals surface area contributed by atoms with Gasteiger partial charge in [-0.3, -0.25) is 0 Å². The van der Waals surface area contributed by atoms with E-state index in [0.717, 1.165) is 21.3 Å². The topological polar surface area (TPSA) is 30.5 Å². The number of ether oxygens (including phenoxy) is 2. The summed E-state index contributed by atoms with van der Waals surface area (Å²) in [7, 11) is 1.61. The molecular formula is C22H21BrFNO2. The van der Waals surface area contributed by atoms with Gasteiger partial charge in [0.2, 0.25) is 0 Å². The van der Waals surface area contributed by atoms with Crippen LogP contribution in [0.15, 0.2) is 65.1 Å². The second kappa shape index (κ2) is 8.91. The maximum absolute atomic E-state index is 13.0. The minimum absolute atomic E-state index is 0.261. The molecule has 3 aromatic carbocycles. The molecule has 140 valence electrons. The molecule has 0 radical (unpaired) electrons. The lowest BCUT2D eigenvalue weighted by Gasteiger charge is -2.15. The molecule has 0 saturated carbocycles. The highest BCUT2D eigenvalue weighted by molar-refractivity contribution is 9.10. The zero-order chi connectivity index (χ0) is 19.2. The predicted molar refractivity (Wildman–Crippen MR) is 110 cm³/mol. The third-order valence-electron chi connectivity index (χ3n) is 4.13. The number of rotatable bonds is 7. The van der Waals surface area contributed by atoms with Gasteiger partial charge in [0.15, 0.2) is 11.5 Å². The molecule has 0 aromatic heterocycles. The number of hydrogen-bond donors (Lipinski definition) is 1. The summed E-state index contributed by atoms with van der Waals surface area (Å²) in [5.74, 6) is 1.01. The fraction of sp³-hybridized carbons (Fsp3) is 0.182. The molecule has 0 aliphatic carbocycles. The lowest BCUT2D eigenvalue weighted by molar-refractivity contribution is 0.282. The Hall–Kier alpha value is -2.53. The number of hydrogen-bond acceptors (Lipinski definition) is 3. The minimum atomic E-state index is -0.261. The zero-order valence-electron chi connectivity index (χ0n) is 15.3. The first-order valence-corrected chi connectivity index (χ1v) is 9.38. The maximum Gasteiger partial charge on any atom is 0.175 e. The number of halogens is 2. The largest absolute Gasteiger partial charge is 0.493 e. The van der Waals surface area contributed by atoms with Crippen LogP contribution in [0.3, 0.4) is 0 Å². The SMILES string of the molecule is COc1cc(CNc2ccc(C)cc2)cc(Br)c1OCc1ccc(F)cc1. The van der Waals surface area contributed by atoms with Crippen LogP contribution in [0, 0.1) is 12.7 Å². The van der Waals surface area contributed by atoms with Crippen molar-refractivity contribution in [3.8, 4) is 11.5 Å². The first-order chi connectivity index (χ1) is 13.0. The van der Waals surface area contributed by atoms with Crippen LogP contribution in [-0.2, 0) is 13.2 Å². The number of nitrogens with one attached hydrogen (secondary N) is 1. The highest BCUT2D eigenvalue weighted by Crippen LogP contribution is 2.37. The van der Waals surface area contributed by atoms with Gasteiger partial charge >= 0.3 is 0 Å². The molecule has 27 heavy (non-hydrogen) atoms. The molecule has 3 nitrogen and oxygen atoms in total. The van der Waals surface area contributed by atoms with Crippen LogP contribution in [0.25, 0.3) is 0 Å². The van der Waals surface area contributed by atoms with Gasteiger partial charge in [0.25, 0.3) is 0 Å². The Labute approximate surface area is 167 Å².